The van der Waals surface area contributed by atoms with Crippen LogP contribution < -0.4 is 10.6 Å². The van der Waals surface area contributed by atoms with Crippen molar-refractivity contribution < 1.29 is 13.9 Å². The van der Waals surface area contributed by atoms with Gasteiger partial charge in [-0.05, 0) is 24.3 Å². The summed E-state index contributed by atoms with van der Waals surface area (Å²) in [5.41, 5.74) is 1.09. The van der Waals surface area contributed by atoms with Crippen molar-refractivity contribution >= 4 is 5.91 Å². The molecule has 1 amide bonds. The summed E-state index contributed by atoms with van der Waals surface area (Å²) >= 11 is 0. The minimum Gasteiger partial charge on any atom is -0.383 e. The minimum absolute atomic E-state index is 0.227. The van der Waals surface area contributed by atoms with Gasteiger partial charge in [0, 0.05) is 32.4 Å². The quantitative estimate of drug-likeness (QED) is 0.713. The molecule has 118 valence electrons. The van der Waals surface area contributed by atoms with E-state index in [2.05, 4.69) is 15.6 Å². The van der Waals surface area contributed by atoms with Crippen LogP contribution in [0.25, 0.3) is 5.69 Å². The summed E-state index contributed by atoms with van der Waals surface area (Å²) < 4.78 is 19.5. The highest BCUT2D eigenvalue weighted by Gasteiger charge is 2.12. The van der Waals surface area contributed by atoms with E-state index in [0.29, 0.717) is 31.1 Å². The summed E-state index contributed by atoms with van der Waals surface area (Å²) in [5, 5.41) is 5.94. The van der Waals surface area contributed by atoms with Crippen LogP contribution in [0.2, 0.25) is 0 Å². The number of nitrogens with one attached hydrogen (secondary N) is 2. The van der Waals surface area contributed by atoms with Gasteiger partial charge in [-0.1, -0.05) is 0 Å². The number of amides is 1. The third kappa shape index (κ3) is 4.37. The first-order valence-corrected chi connectivity index (χ1v) is 6.98. The number of hydrogen-bond acceptors (Lipinski definition) is 4. The first kappa shape index (κ1) is 16.1. The number of hydrogen-bond donors (Lipinski definition) is 2. The fourth-order valence-corrected chi connectivity index (χ4v) is 1.92. The molecular weight excluding hydrogens is 287 g/mol. The van der Waals surface area contributed by atoms with Gasteiger partial charge in [-0.2, -0.15) is 0 Å². The molecule has 0 aliphatic heterocycles. The number of carbonyl (C=O) groups is 1. The molecule has 22 heavy (non-hydrogen) atoms. The Bertz CT molecular complexity index is 598. The van der Waals surface area contributed by atoms with Crippen LogP contribution in [-0.2, 0) is 4.74 Å². The maximum absolute atomic E-state index is 13.0. The normalized spacial score (nSPS) is 10.6. The number of benzene rings is 1. The fourth-order valence-electron chi connectivity index (χ4n) is 1.92. The molecule has 0 fully saturated rings. The van der Waals surface area contributed by atoms with Gasteiger partial charge >= 0.3 is 0 Å². The zero-order valence-electron chi connectivity index (χ0n) is 12.4. The van der Waals surface area contributed by atoms with E-state index in [1.165, 1.54) is 24.7 Å². The molecule has 0 unspecified atom stereocenters. The highest BCUT2D eigenvalue weighted by Crippen LogP contribution is 2.12. The molecule has 0 atom stereocenters. The van der Waals surface area contributed by atoms with Gasteiger partial charge in [0.05, 0.1) is 19.1 Å². The third-order valence-electron chi connectivity index (χ3n) is 3.05. The molecule has 1 heterocycles. The number of aromatic nitrogens is 2. The number of ether oxygens (including phenoxy) is 1. The van der Waals surface area contributed by atoms with E-state index < -0.39 is 0 Å². The van der Waals surface area contributed by atoms with Gasteiger partial charge in [0.25, 0.3) is 5.91 Å². The van der Waals surface area contributed by atoms with Gasteiger partial charge in [0.2, 0.25) is 0 Å². The first-order valence-electron chi connectivity index (χ1n) is 6.98. The zero-order chi connectivity index (χ0) is 15.8. The van der Waals surface area contributed by atoms with Crippen LogP contribution in [0.3, 0.4) is 0 Å². The lowest BCUT2D eigenvalue weighted by Gasteiger charge is -2.09. The summed E-state index contributed by atoms with van der Waals surface area (Å²) in [4.78, 5) is 16.1. The summed E-state index contributed by atoms with van der Waals surface area (Å²) in [6, 6.07) is 5.88. The molecule has 1 aromatic heterocycles. The molecule has 0 saturated heterocycles. The van der Waals surface area contributed by atoms with Gasteiger partial charge in [-0.25, -0.2) is 9.37 Å². The van der Waals surface area contributed by atoms with E-state index in [4.69, 9.17) is 4.74 Å². The van der Waals surface area contributed by atoms with Crippen molar-refractivity contribution in [1.29, 1.82) is 0 Å². The molecule has 6 nitrogen and oxygen atoms in total. The van der Waals surface area contributed by atoms with Crippen molar-refractivity contribution in [1.82, 2.24) is 20.2 Å². The van der Waals surface area contributed by atoms with E-state index in [1.54, 1.807) is 23.8 Å². The topological polar surface area (TPSA) is 68.2 Å². The molecule has 0 aliphatic rings. The van der Waals surface area contributed by atoms with Crippen LogP contribution in [0.4, 0.5) is 4.39 Å². The Morgan fingerprint density at radius 2 is 2.05 bits per heavy atom. The van der Waals surface area contributed by atoms with Crippen molar-refractivity contribution in [3.8, 4) is 5.69 Å². The molecule has 1 aromatic carbocycles. The van der Waals surface area contributed by atoms with E-state index >= 15 is 0 Å². The maximum atomic E-state index is 13.0. The van der Waals surface area contributed by atoms with Crippen molar-refractivity contribution in [2.75, 3.05) is 33.4 Å². The Morgan fingerprint density at radius 3 is 2.77 bits per heavy atom. The van der Waals surface area contributed by atoms with E-state index in [9.17, 15) is 9.18 Å². The van der Waals surface area contributed by atoms with Crippen LogP contribution >= 0.6 is 0 Å². The van der Waals surface area contributed by atoms with E-state index in [-0.39, 0.29) is 11.7 Å². The van der Waals surface area contributed by atoms with Crippen LogP contribution in [0.15, 0.2) is 36.8 Å². The number of carbonyl (C=O) groups excluding carboxylic acids is 1. The summed E-state index contributed by atoms with van der Waals surface area (Å²) in [6.07, 6.45) is 3.01. The smallest absolute Gasteiger partial charge is 0.269 e. The van der Waals surface area contributed by atoms with Crippen LogP contribution in [-0.4, -0.2) is 48.8 Å². The molecule has 0 bridgehead atoms. The van der Waals surface area contributed by atoms with E-state index in [0.717, 1.165) is 6.54 Å². The van der Waals surface area contributed by atoms with Gasteiger partial charge in [-0.15, -0.1) is 0 Å². The largest absolute Gasteiger partial charge is 0.383 e. The standard InChI is InChI=1S/C15H19FN4O2/c1-22-9-8-17-6-7-19-15(21)14-10-18-11-20(14)13-4-2-12(16)3-5-13/h2-5,10-11,17H,6-9H2,1H3,(H,19,21). The second-order valence-electron chi connectivity index (χ2n) is 4.62. The average Bonchev–Trinajstić information content (AvgIpc) is 3.01. The van der Waals surface area contributed by atoms with Crippen molar-refractivity contribution in [3.63, 3.8) is 0 Å². The zero-order valence-corrected chi connectivity index (χ0v) is 12.4. The Labute approximate surface area is 128 Å². The van der Waals surface area contributed by atoms with Gasteiger partial charge in [-0.3, -0.25) is 9.36 Å². The summed E-state index contributed by atoms with van der Waals surface area (Å²) in [7, 11) is 1.64. The molecule has 0 saturated carbocycles. The van der Waals surface area contributed by atoms with Gasteiger partial charge < -0.3 is 15.4 Å². The lowest BCUT2D eigenvalue weighted by atomic mass is 10.3. The summed E-state index contributed by atoms with van der Waals surface area (Å²) in [5.74, 6) is -0.549. The molecule has 7 heteroatoms. The van der Waals surface area contributed by atoms with Crippen LogP contribution in [0, 0.1) is 5.82 Å². The van der Waals surface area contributed by atoms with Crippen molar-refractivity contribution in [3.05, 3.63) is 48.3 Å². The second kappa shape index (κ2) is 8.26. The van der Waals surface area contributed by atoms with Gasteiger partial charge in [0.15, 0.2) is 0 Å². The number of rotatable bonds is 8. The Kier molecular flexibility index (Phi) is 6.05. The summed E-state index contributed by atoms with van der Waals surface area (Å²) in [6.45, 7) is 2.52. The highest BCUT2D eigenvalue weighted by molar-refractivity contribution is 5.92. The number of halogens is 1. The van der Waals surface area contributed by atoms with Crippen molar-refractivity contribution in [2.45, 2.75) is 0 Å². The molecular formula is C15H19FN4O2. The molecule has 2 N–H and O–H groups in total. The second-order valence-corrected chi connectivity index (χ2v) is 4.62. The molecule has 0 aliphatic carbocycles. The van der Waals surface area contributed by atoms with Gasteiger partial charge in [0.1, 0.15) is 11.5 Å². The van der Waals surface area contributed by atoms with Crippen LogP contribution in [0.1, 0.15) is 10.5 Å². The van der Waals surface area contributed by atoms with E-state index in [1.807, 2.05) is 0 Å². The SMILES string of the molecule is COCCNCCNC(=O)c1cncn1-c1ccc(F)cc1. The number of imidazole rings is 1. The Hall–Kier alpha value is -2.25. The average molecular weight is 306 g/mol. The fraction of sp³-hybridized carbons (Fsp3) is 0.333. The Balaban J connectivity index is 1.91. The highest BCUT2D eigenvalue weighted by atomic mass is 19.1. The molecule has 0 radical (unpaired) electrons. The van der Waals surface area contributed by atoms with Crippen LogP contribution in [0.5, 0.6) is 0 Å². The lowest BCUT2D eigenvalue weighted by Crippen LogP contribution is -2.33. The van der Waals surface area contributed by atoms with Crippen molar-refractivity contribution in [2.24, 2.45) is 0 Å². The number of nitrogens with zero attached hydrogens (tertiary/aromatic N) is 2. The molecule has 2 rings (SSSR count). The minimum atomic E-state index is -0.322. The first-order chi connectivity index (χ1) is 10.7. The predicted octanol–water partition coefficient (Wildman–Crippen LogP) is 0.977. The number of methoxy groups -OCH3 is 1. The molecule has 2 aromatic rings. The maximum Gasteiger partial charge on any atom is 0.269 e. The molecule has 0 spiro atoms. The monoisotopic (exact) mass is 306 g/mol. The lowest BCUT2D eigenvalue weighted by molar-refractivity contribution is 0.0947. The predicted molar refractivity (Wildman–Crippen MR) is 80.6 cm³/mol. The Morgan fingerprint density at radius 1 is 1.27 bits per heavy atom. The third-order valence-corrected chi connectivity index (χ3v) is 3.05.